The molecule has 1 heterocycles. The molecular weight excluding hydrogens is 270 g/mol. The molecule has 2 aromatic rings. The molecule has 1 aromatic carbocycles. The van der Waals surface area contributed by atoms with Crippen molar-refractivity contribution in [3.63, 3.8) is 0 Å². The van der Waals surface area contributed by atoms with E-state index in [-0.39, 0.29) is 0 Å². The Morgan fingerprint density at radius 1 is 1.11 bits per heavy atom. The van der Waals surface area contributed by atoms with Crippen LogP contribution in [0.25, 0.3) is 0 Å². The van der Waals surface area contributed by atoms with E-state index in [0.29, 0.717) is 6.04 Å². The summed E-state index contributed by atoms with van der Waals surface area (Å²) in [6.07, 6.45) is 1.14. The predicted molar refractivity (Wildman–Crippen MR) is 87.2 cm³/mol. The molecule has 1 unspecified atom stereocenters. The van der Waals surface area contributed by atoms with E-state index in [4.69, 9.17) is 0 Å². The van der Waals surface area contributed by atoms with Crippen LogP contribution in [0.1, 0.15) is 35.2 Å². The summed E-state index contributed by atoms with van der Waals surface area (Å²) in [5, 5.41) is 3.26. The fourth-order valence-electron chi connectivity index (χ4n) is 1.86. The van der Waals surface area contributed by atoms with Crippen molar-refractivity contribution in [1.29, 1.82) is 0 Å². The van der Waals surface area contributed by atoms with E-state index in [9.17, 15) is 0 Å². The minimum Gasteiger partial charge on any atom is -0.313 e. The Kier molecular flexibility index (Phi) is 5.49. The fourth-order valence-corrected chi connectivity index (χ4v) is 3.76. The smallest absolute Gasteiger partial charge is 0.0326 e. The van der Waals surface area contributed by atoms with Gasteiger partial charge in [0.1, 0.15) is 0 Å². The van der Waals surface area contributed by atoms with E-state index < -0.39 is 0 Å². The van der Waals surface area contributed by atoms with Crippen molar-refractivity contribution in [2.24, 2.45) is 0 Å². The third kappa shape index (κ3) is 4.10. The molecule has 1 nitrogen and oxygen atoms in total. The van der Waals surface area contributed by atoms with Gasteiger partial charge in [0.25, 0.3) is 0 Å². The highest BCUT2D eigenvalue weighted by Gasteiger charge is 2.03. The number of hydrogen-bond acceptors (Lipinski definition) is 3. The van der Waals surface area contributed by atoms with Gasteiger partial charge in [0.2, 0.25) is 0 Å². The summed E-state index contributed by atoms with van der Waals surface area (Å²) < 4.78 is 0. The average molecular weight is 291 g/mol. The normalized spacial score (nSPS) is 12.6. The lowest BCUT2D eigenvalue weighted by atomic mass is 10.1. The van der Waals surface area contributed by atoms with Crippen molar-refractivity contribution < 1.29 is 0 Å². The maximum atomic E-state index is 3.26. The van der Waals surface area contributed by atoms with Crippen molar-refractivity contribution >= 4 is 23.1 Å². The quantitative estimate of drug-likeness (QED) is 0.761. The Bertz CT molecular complexity index is 502. The monoisotopic (exact) mass is 291 g/mol. The largest absolute Gasteiger partial charge is 0.313 e. The van der Waals surface area contributed by atoms with Crippen LogP contribution in [0.4, 0.5) is 0 Å². The zero-order valence-corrected chi connectivity index (χ0v) is 13.4. The molecular formula is C16H21NS2. The van der Waals surface area contributed by atoms with Crippen molar-refractivity contribution in [2.75, 3.05) is 7.05 Å². The lowest BCUT2D eigenvalue weighted by Crippen LogP contribution is -2.11. The second-order valence-electron chi connectivity index (χ2n) is 4.59. The Morgan fingerprint density at radius 2 is 1.79 bits per heavy atom. The van der Waals surface area contributed by atoms with E-state index >= 15 is 0 Å². The summed E-state index contributed by atoms with van der Waals surface area (Å²) in [6, 6.07) is 13.8. The Balaban J connectivity index is 1.92. The topological polar surface area (TPSA) is 12.0 Å². The van der Waals surface area contributed by atoms with Crippen molar-refractivity contribution in [3.8, 4) is 0 Å². The van der Waals surface area contributed by atoms with Gasteiger partial charge in [-0.1, -0.05) is 19.1 Å². The molecule has 0 radical (unpaired) electrons. The van der Waals surface area contributed by atoms with Gasteiger partial charge in [0.05, 0.1) is 0 Å². The second-order valence-corrected chi connectivity index (χ2v) is 6.89. The molecule has 1 atom stereocenters. The van der Waals surface area contributed by atoms with E-state index in [2.05, 4.69) is 55.6 Å². The van der Waals surface area contributed by atoms with Crippen LogP contribution in [-0.4, -0.2) is 7.05 Å². The minimum absolute atomic E-state index is 0.420. The Labute approximate surface area is 124 Å². The van der Waals surface area contributed by atoms with Crippen molar-refractivity contribution in [2.45, 2.75) is 37.0 Å². The van der Waals surface area contributed by atoms with Gasteiger partial charge in [-0.15, -0.1) is 23.1 Å². The second kappa shape index (κ2) is 7.13. The molecule has 0 fully saturated rings. The predicted octanol–water partition coefficient (Wildman–Crippen LogP) is 4.88. The van der Waals surface area contributed by atoms with Crippen LogP contribution in [0.3, 0.4) is 0 Å². The summed E-state index contributed by atoms with van der Waals surface area (Å²) >= 11 is 3.85. The Hall–Kier alpha value is -0.770. The molecule has 0 aliphatic rings. The molecule has 0 bridgehead atoms. The van der Waals surface area contributed by atoms with E-state index in [0.717, 1.165) is 12.2 Å². The zero-order chi connectivity index (χ0) is 13.7. The first-order valence-electron chi connectivity index (χ1n) is 6.70. The fraction of sp³-hybridized carbons (Fsp3) is 0.375. The van der Waals surface area contributed by atoms with Gasteiger partial charge in [0.15, 0.2) is 0 Å². The number of nitrogens with one attached hydrogen (secondary N) is 1. The van der Waals surface area contributed by atoms with Gasteiger partial charge in [-0.05, 0) is 50.2 Å². The van der Waals surface area contributed by atoms with Crippen LogP contribution in [0.15, 0.2) is 41.3 Å². The number of aryl methyl sites for hydroxylation is 1. The molecule has 0 saturated heterocycles. The third-order valence-electron chi connectivity index (χ3n) is 3.26. The molecule has 3 heteroatoms. The minimum atomic E-state index is 0.420. The molecule has 102 valence electrons. The molecule has 0 aliphatic carbocycles. The highest BCUT2D eigenvalue weighted by atomic mass is 32.2. The first kappa shape index (κ1) is 14.6. The summed E-state index contributed by atoms with van der Waals surface area (Å²) in [5.41, 5.74) is 1.34. The molecule has 1 N–H and O–H groups in total. The molecule has 2 rings (SSSR count). The third-order valence-corrected chi connectivity index (χ3v) is 5.73. The van der Waals surface area contributed by atoms with Gasteiger partial charge in [-0.2, -0.15) is 0 Å². The Morgan fingerprint density at radius 3 is 2.37 bits per heavy atom. The van der Waals surface area contributed by atoms with Gasteiger partial charge < -0.3 is 5.32 Å². The van der Waals surface area contributed by atoms with Crippen molar-refractivity contribution in [3.05, 3.63) is 51.7 Å². The van der Waals surface area contributed by atoms with Gasteiger partial charge >= 0.3 is 0 Å². The number of thiophene rings is 1. The first-order valence-corrected chi connectivity index (χ1v) is 8.50. The number of thioether (sulfide) groups is 1. The highest BCUT2D eigenvalue weighted by molar-refractivity contribution is 7.98. The number of benzene rings is 1. The maximum absolute atomic E-state index is 3.26. The van der Waals surface area contributed by atoms with Crippen LogP contribution in [0, 0.1) is 0 Å². The van der Waals surface area contributed by atoms with Crippen LogP contribution in [0.2, 0.25) is 0 Å². The molecule has 0 amide bonds. The van der Waals surface area contributed by atoms with Gasteiger partial charge in [-0.3, -0.25) is 0 Å². The van der Waals surface area contributed by atoms with Crippen LogP contribution in [-0.2, 0) is 12.2 Å². The average Bonchev–Trinajstić information content (AvgIpc) is 2.93. The van der Waals surface area contributed by atoms with Gasteiger partial charge in [0, 0.05) is 26.4 Å². The number of hydrogen-bond donors (Lipinski definition) is 1. The first-order chi connectivity index (χ1) is 9.22. The molecule has 1 aromatic heterocycles. The lowest BCUT2D eigenvalue weighted by molar-refractivity contribution is 0.652. The molecule has 0 saturated carbocycles. The summed E-state index contributed by atoms with van der Waals surface area (Å²) in [4.78, 5) is 4.29. The highest BCUT2D eigenvalue weighted by Crippen LogP contribution is 2.28. The summed E-state index contributed by atoms with van der Waals surface area (Å²) in [7, 11) is 2.00. The molecule has 0 spiro atoms. The van der Waals surface area contributed by atoms with Crippen LogP contribution < -0.4 is 5.32 Å². The van der Waals surface area contributed by atoms with E-state index in [1.165, 1.54) is 20.2 Å². The molecule has 19 heavy (non-hydrogen) atoms. The zero-order valence-electron chi connectivity index (χ0n) is 11.8. The van der Waals surface area contributed by atoms with Crippen molar-refractivity contribution in [1.82, 2.24) is 5.32 Å². The summed E-state index contributed by atoms with van der Waals surface area (Å²) in [5.74, 6) is 1.07. The van der Waals surface area contributed by atoms with Crippen LogP contribution in [0.5, 0.6) is 0 Å². The maximum Gasteiger partial charge on any atom is 0.0326 e. The molecule has 0 aliphatic heterocycles. The lowest BCUT2D eigenvalue weighted by Gasteiger charge is -2.10. The SMILES string of the molecule is CCc1ccc(CSc2ccc(C(C)NC)cc2)s1. The summed E-state index contributed by atoms with van der Waals surface area (Å²) in [6.45, 7) is 4.39. The standard InChI is InChI=1S/C16H21NS2/c1-4-14-9-10-16(19-14)11-18-15-7-5-13(6-8-15)12(2)17-3/h5-10,12,17H,4,11H2,1-3H3. The van der Waals surface area contributed by atoms with E-state index in [1.54, 1.807) is 0 Å². The van der Waals surface area contributed by atoms with Crippen LogP contribution >= 0.6 is 23.1 Å². The van der Waals surface area contributed by atoms with Gasteiger partial charge in [-0.25, -0.2) is 0 Å². The number of rotatable bonds is 6. The van der Waals surface area contributed by atoms with E-state index in [1.807, 2.05) is 30.1 Å².